The molecule has 5 heteroatoms. The van der Waals surface area contributed by atoms with Crippen molar-refractivity contribution in [2.24, 2.45) is 5.92 Å². The maximum atomic E-state index is 12.0. The molecule has 0 heterocycles. The minimum absolute atomic E-state index is 0.0362. The Labute approximate surface area is 95.8 Å². The molecule has 0 bridgehead atoms. The maximum absolute atomic E-state index is 12.0. The molecule has 16 heavy (non-hydrogen) atoms. The smallest absolute Gasteiger partial charge is 0.305 e. The van der Waals surface area contributed by atoms with E-state index < -0.39 is 5.97 Å². The Balaban J connectivity index is 2.48. The van der Waals surface area contributed by atoms with Gasteiger partial charge in [0.1, 0.15) is 0 Å². The highest BCUT2D eigenvalue weighted by Crippen LogP contribution is 2.28. The van der Waals surface area contributed by atoms with Gasteiger partial charge in [0.05, 0.1) is 6.42 Å². The van der Waals surface area contributed by atoms with Gasteiger partial charge in [-0.3, -0.25) is 9.59 Å². The molecule has 0 aliphatic heterocycles. The summed E-state index contributed by atoms with van der Waals surface area (Å²) in [6.45, 7) is 2.84. The summed E-state index contributed by atoms with van der Waals surface area (Å²) in [5.41, 5.74) is 0. The third kappa shape index (κ3) is 3.81. The number of carboxylic acid groups (broad SMARTS) is 1. The molecule has 1 amide bonds. The Morgan fingerprint density at radius 1 is 1.50 bits per heavy atom. The molecule has 0 aromatic carbocycles. The van der Waals surface area contributed by atoms with Crippen molar-refractivity contribution in [2.75, 3.05) is 20.1 Å². The molecule has 0 aromatic rings. The van der Waals surface area contributed by atoms with Crippen molar-refractivity contribution in [3.05, 3.63) is 0 Å². The van der Waals surface area contributed by atoms with Crippen LogP contribution in [0.15, 0.2) is 0 Å². The van der Waals surface area contributed by atoms with Gasteiger partial charge in [0.25, 0.3) is 0 Å². The van der Waals surface area contributed by atoms with Crippen molar-refractivity contribution in [1.82, 2.24) is 10.2 Å². The van der Waals surface area contributed by atoms with Crippen LogP contribution in [0.5, 0.6) is 0 Å². The van der Waals surface area contributed by atoms with Crippen LogP contribution >= 0.6 is 0 Å². The zero-order valence-electron chi connectivity index (χ0n) is 9.90. The van der Waals surface area contributed by atoms with Crippen LogP contribution < -0.4 is 5.32 Å². The molecule has 1 saturated carbocycles. The van der Waals surface area contributed by atoms with Crippen molar-refractivity contribution in [2.45, 2.75) is 32.2 Å². The molecule has 92 valence electrons. The Kier molecular flexibility index (Phi) is 4.73. The first-order valence-electron chi connectivity index (χ1n) is 5.73. The Hall–Kier alpha value is -1.10. The Bertz CT molecular complexity index is 264. The van der Waals surface area contributed by atoms with Crippen LogP contribution in [0.1, 0.15) is 26.2 Å². The first-order chi connectivity index (χ1) is 7.56. The van der Waals surface area contributed by atoms with Crippen molar-refractivity contribution in [3.8, 4) is 0 Å². The average molecular weight is 228 g/mol. The number of nitrogens with one attached hydrogen (secondary N) is 1. The van der Waals surface area contributed by atoms with E-state index in [1.807, 2.05) is 14.0 Å². The van der Waals surface area contributed by atoms with Crippen LogP contribution in [0.3, 0.4) is 0 Å². The van der Waals surface area contributed by atoms with Gasteiger partial charge in [-0.1, -0.05) is 6.92 Å². The molecule has 2 N–H and O–H groups in total. The van der Waals surface area contributed by atoms with E-state index in [4.69, 9.17) is 5.11 Å². The lowest BCUT2D eigenvalue weighted by Gasteiger charge is -2.25. The van der Waals surface area contributed by atoms with Gasteiger partial charge in [-0.25, -0.2) is 0 Å². The number of nitrogens with zero attached hydrogens (tertiary/aromatic N) is 1. The summed E-state index contributed by atoms with van der Waals surface area (Å²) in [6.07, 6.45) is 2.06. The van der Waals surface area contributed by atoms with Crippen LogP contribution in [-0.2, 0) is 9.59 Å². The predicted molar refractivity (Wildman–Crippen MR) is 60.1 cm³/mol. The fourth-order valence-electron chi connectivity index (χ4n) is 1.75. The molecule has 1 aliphatic carbocycles. The number of aliphatic carboxylic acids is 1. The number of hydrogen-bond donors (Lipinski definition) is 2. The van der Waals surface area contributed by atoms with E-state index in [0.29, 0.717) is 13.1 Å². The van der Waals surface area contributed by atoms with Gasteiger partial charge in [-0.2, -0.15) is 0 Å². The van der Waals surface area contributed by atoms with Gasteiger partial charge in [0.15, 0.2) is 0 Å². The Morgan fingerprint density at radius 2 is 2.12 bits per heavy atom. The first-order valence-corrected chi connectivity index (χ1v) is 5.73. The summed E-state index contributed by atoms with van der Waals surface area (Å²) in [7, 11) is 1.81. The van der Waals surface area contributed by atoms with Gasteiger partial charge in [-0.05, 0) is 19.9 Å². The van der Waals surface area contributed by atoms with Gasteiger partial charge < -0.3 is 15.3 Å². The number of hydrogen-bond acceptors (Lipinski definition) is 3. The highest BCUT2D eigenvalue weighted by molar-refractivity contribution is 5.80. The summed E-state index contributed by atoms with van der Waals surface area (Å²) in [4.78, 5) is 24.3. The Morgan fingerprint density at radius 3 is 2.56 bits per heavy atom. The standard InChI is InChI=1S/C11H20N2O3/c1-8(7-12-2)11(16)13(9-3-4-9)6-5-10(14)15/h8-9,12H,3-7H2,1-2H3,(H,14,15). The van der Waals surface area contributed by atoms with Crippen LogP contribution in [-0.4, -0.2) is 48.1 Å². The third-order valence-electron chi connectivity index (χ3n) is 2.77. The number of carbonyl (C=O) groups excluding carboxylic acids is 1. The summed E-state index contributed by atoms with van der Waals surface area (Å²) in [5.74, 6) is -0.864. The molecular formula is C11H20N2O3. The van der Waals surface area contributed by atoms with Crippen LogP contribution in [0.4, 0.5) is 0 Å². The second-order valence-electron chi connectivity index (χ2n) is 4.37. The minimum Gasteiger partial charge on any atom is -0.481 e. The second kappa shape index (κ2) is 5.84. The molecule has 1 unspecified atom stereocenters. The fraction of sp³-hybridized carbons (Fsp3) is 0.818. The van der Waals surface area contributed by atoms with Gasteiger partial charge >= 0.3 is 5.97 Å². The van der Waals surface area contributed by atoms with Gasteiger partial charge in [0, 0.05) is 25.0 Å². The molecule has 0 saturated heterocycles. The van der Waals surface area contributed by atoms with Crippen molar-refractivity contribution >= 4 is 11.9 Å². The van der Waals surface area contributed by atoms with E-state index >= 15 is 0 Å². The third-order valence-corrected chi connectivity index (χ3v) is 2.77. The number of carbonyl (C=O) groups is 2. The molecule has 0 radical (unpaired) electrons. The van der Waals surface area contributed by atoms with E-state index in [9.17, 15) is 9.59 Å². The monoisotopic (exact) mass is 228 g/mol. The lowest BCUT2D eigenvalue weighted by Crippen LogP contribution is -2.41. The summed E-state index contributed by atoms with van der Waals surface area (Å²) < 4.78 is 0. The quantitative estimate of drug-likeness (QED) is 0.658. The fourth-order valence-corrected chi connectivity index (χ4v) is 1.75. The second-order valence-corrected chi connectivity index (χ2v) is 4.37. The van der Waals surface area contributed by atoms with Crippen LogP contribution in [0, 0.1) is 5.92 Å². The summed E-state index contributed by atoms with van der Waals surface area (Å²) in [6, 6.07) is 0.283. The highest BCUT2D eigenvalue weighted by Gasteiger charge is 2.34. The van der Waals surface area contributed by atoms with Gasteiger partial charge in [-0.15, -0.1) is 0 Å². The lowest BCUT2D eigenvalue weighted by atomic mass is 10.1. The van der Waals surface area contributed by atoms with E-state index in [1.165, 1.54) is 0 Å². The zero-order chi connectivity index (χ0) is 12.1. The maximum Gasteiger partial charge on any atom is 0.305 e. The molecule has 0 spiro atoms. The number of carboxylic acids is 1. The molecule has 1 fully saturated rings. The largest absolute Gasteiger partial charge is 0.481 e. The minimum atomic E-state index is -0.847. The SMILES string of the molecule is CNCC(C)C(=O)N(CCC(=O)O)C1CC1. The average Bonchev–Trinajstić information content (AvgIpc) is 3.01. The number of rotatable bonds is 7. The number of amides is 1. The van der Waals surface area contributed by atoms with Gasteiger partial charge in [0.2, 0.25) is 5.91 Å². The normalized spacial score (nSPS) is 16.9. The molecular weight excluding hydrogens is 208 g/mol. The van der Waals surface area contributed by atoms with Crippen molar-refractivity contribution < 1.29 is 14.7 Å². The molecule has 1 rings (SSSR count). The van der Waals surface area contributed by atoms with E-state index in [-0.39, 0.29) is 24.3 Å². The highest BCUT2D eigenvalue weighted by atomic mass is 16.4. The van der Waals surface area contributed by atoms with E-state index in [1.54, 1.807) is 4.90 Å². The predicted octanol–water partition coefficient (Wildman–Crippen LogP) is 0.308. The molecule has 1 atom stereocenters. The van der Waals surface area contributed by atoms with Crippen LogP contribution in [0.2, 0.25) is 0 Å². The first kappa shape index (κ1) is 13.0. The van der Waals surface area contributed by atoms with Crippen LogP contribution in [0.25, 0.3) is 0 Å². The van der Waals surface area contributed by atoms with Crippen molar-refractivity contribution in [1.29, 1.82) is 0 Å². The van der Waals surface area contributed by atoms with E-state index in [2.05, 4.69) is 5.32 Å². The molecule has 0 aromatic heterocycles. The summed E-state index contributed by atoms with van der Waals surface area (Å²) >= 11 is 0. The topological polar surface area (TPSA) is 69.6 Å². The zero-order valence-corrected chi connectivity index (χ0v) is 9.90. The summed E-state index contributed by atoms with van der Waals surface area (Å²) in [5, 5.41) is 11.6. The molecule has 1 aliphatic rings. The van der Waals surface area contributed by atoms with Crippen molar-refractivity contribution in [3.63, 3.8) is 0 Å². The molecule has 5 nitrogen and oxygen atoms in total. The lowest BCUT2D eigenvalue weighted by molar-refractivity contribution is -0.139. The van der Waals surface area contributed by atoms with E-state index in [0.717, 1.165) is 12.8 Å².